The zero-order valence-corrected chi connectivity index (χ0v) is 12.9. The first-order chi connectivity index (χ1) is 11.7. The summed E-state index contributed by atoms with van der Waals surface area (Å²) in [7, 11) is 0. The van der Waals surface area contributed by atoms with Gasteiger partial charge in [-0.25, -0.2) is 4.79 Å². The molecule has 0 saturated heterocycles. The Labute approximate surface area is 138 Å². The normalized spacial score (nSPS) is 11.7. The van der Waals surface area contributed by atoms with Crippen LogP contribution in [0.1, 0.15) is 39.6 Å². The van der Waals surface area contributed by atoms with Gasteiger partial charge in [-0.2, -0.15) is 0 Å². The highest BCUT2D eigenvalue weighted by atomic mass is 16.6. The van der Waals surface area contributed by atoms with E-state index >= 15 is 0 Å². The molecule has 0 aliphatic rings. The Balaban J connectivity index is 1.70. The minimum atomic E-state index is -0.687. The summed E-state index contributed by atoms with van der Waals surface area (Å²) >= 11 is 0. The van der Waals surface area contributed by atoms with Crippen LogP contribution in [0.4, 0.5) is 0 Å². The van der Waals surface area contributed by atoms with Crippen LogP contribution in [0.5, 0.6) is 0 Å². The van der Waals surface area contributed by atoms with Crippen LogP contribution in [-0.2, 0) is 4.74 Å². The molecule has 0 amide bonds. The lowest BCUT2D eigenvalue weighted by atomic mass is 10.1. The van der Waals surface area contributed by atoms with Crippen molar-refractivity contribution in [1.29, 1.82) is 0 Å². The van der Waals surface area contributed by atoms with Crippen molar-refractivity contribution in [1.82, 2.24) is 10.2 Å². The molecule has 120 valence electrons. The van der Waals surface area contributed by atoms with Crippen molar-refractivity contribution in [2.24, 2.45) is 0 Å². The molecule has 0 unspecified atom stereocenters. The van der Waals surface area contributed by atoms with Gasteiger partial charge in [0.2, 0.25) is 5.89 Å². The summed E-state index contributed by atoms with van der Waals surface area (Å²) in [5.74, 6) is 0.0509. The van der Waals surface area contributed by atoms with Gasteiger partial charge in [-0.15, -0.1) is 10.2 Å². The van der Waals surface area contributed by atoms with Crippen molar-refractivity contribution in [2.75, 3.05) is 0 Å². The monoisotopic (exact) mass is 322 g/mol. The first-order valence-corrected chi connectivity index (χ1v) is 7.32. The molecule has 2 aromatic carbocycles. The van der Waals surface area contributed by atoms with E-state index in [-0.39, 0.29) is 5.89 Å². The van der Waals surface area contributed by atoms with Crippen LogP contribution in [0.3, 0.4) is 0 Å². The molecule has 0 saturated carbocycles. The molecule has 0 N–H and O–H groups in total. The van der Waals surface area contributed by atoms with E-state index in [0.717, 1.165) is 5.56 Å². The van der Waals surface area contributed by atoms with E-state index in [4.69, 9.17) is 9.15 Å². The van der Waals surface area contributed by atoms with Gasteiger partial charge in [0.25, 0.3) is 5.89 Å². The van der Waals surface area contributed by atoms with Crippen LogP contribution in [0.2, 0.25) is 0 Å². The number of hydrogen-bond acceptors (Lipinski definition) is 6. The van der Waals surface area contributed by atoms with Crippen molar-refractivity contribution in [3.63, 3.8) is 0 Å². The topological polar surface area (TPSA) is 82.3 Å². The van der Waals surface area contributed by atoms with Crippen LogP contribution < -0.4 is 0 Å². The minimum absolute atomic E-state index is 0.215. The van der Waals surface area contributed by atoms with E-state index in [0.29, 0.717) is 23.3 Å². The largest absolute Gasteiger partial charge is 0.449 e. The standard InChI is InChI=1S/C18H14N2O4/c1-12(23-18(22)15-9-7-13(11-21)8-10-15)16-19-20-17(24-16)14-5-3-2-4-6-14/h2-12H,1H3/t12-/m0/s1. The highest BCUT2D eigenvalue weighted by Gasteiger charge is 2.19. The van der Waals surface area contributed by atoms with E-state index in [1.165, 1.54) is 12.1 Å². The number of carbonyl (C=O) groups excluding carboxylic acids is 2. The Morgan fingerprint density at radius 1 is 1.08 bits per heavy atom. The van der Waals surface area contributed by atoms with E-state index < -0.39 is 12.1 Å². The maximum Gasteiger partial charge on any atom is 0.338 e. The maximum atomic E-state index is 12.1. The smallest absolute Gasteiger partial charge is 0.338 e. The zero-order valence-electron chi connectivity index (χ0n) is 12.9. The average molecular weight is 322 g/mol. The molecule has 3 rings (SSSR count). The fraction of sp³-hybridized carbons (Fsp3) is 0.111. The second kappa shape index (κ2) is 6.87. The fourth-order valence-electron chi connectivity index (χ4n) is 2.07. The predicted octanol–water partition coefficient (Wildman–Crippen LogP) is 3.47. The second-order valence-electron chi connectivity index (χ2n) is 5.10. The summed E-state index contributed by atoms with van der Waals surface area (Å²) in [4.78, 5) is 22.7. The Morgan fingerprint density at radius 3 is 2.46 bits per heavy atom. The van der Waals surface area contributed by atoms with Gasteiger partial charge in [0.1, 0.15) is 6.29 Å². The minimum Gasteiger partial charge on any atom is -0.449 e. The van der Waals surface area contributed by atoms with Gasteiger partial charge >= 0.3 is 5.97 Å². The summed E-state index contributed by atoms with van der Waals surface area (Å²) in [5, 5.41) is 7.89. The van der Waals surface area contributed by atoms with Gasteiger partial charge in [-0.05, 0) is 31.2 Å². The van der Waals surface area contributed by atoms with E-state index in [9.17, 15) is 9.59 Å². The molecule has 6 heteroatoms. The summed E-state index contributed by atoms with van der Waals surface area (Å²) in [5.41, 5.74) is 1.62. The van der Waals surface area contributed by atoms with Crippen LogP contribution >= 0.6 is 0 Å². The molecule has 0 radical (unpaired) electrons. The van der Waals surface area contributed by atoms with Gasteiger partial charge in [-0.1, -0.05) is 30.3 Å². The van der Waals surface area contributed by atoms with Crippen molar-refractivity contribution >= 4 is 12.3 Å². The van der Waals surface area contributed by atoms with Gasteiger partial charge < -0.3 is 9.15 Å². The molecule has 6 nitrogen and oxygen atoms in total. The third-order valence-electron chi connectivity index (χ3n) is 3.38. The molecule has 0 fully saturated rings. The third-order valence-corrected chi connectivity index (χ3v) is 3.38. The van der Waals surface area contributed by atoms with Crippen molar-refractivity contribution in [3.05, 3.63) is 71.6 Å². The summed E-state index contributed by atoms with van der Waals surface area (Å²) in [6.07, 6.45) is 0.0228. The van der Waals surface area contributed by atoms with Crippen LogP contribution in [0.15, 0.2) is 59.0 Å². The number of rotatable bonds is 5. The van der Waals surface area contributed by atoms with E-state index in [2.05, 4.69) is 10.2 Å². The molecule has 0 bridgehead atoms. The molecule has 1 aromatic heterocycles. The van der Waals surface area contributed by atoms with Crippen LogP contribution in [0.25, 0.3) is 11.5 Å². The first-order valence-electron chi connectivity index (χ1n) is 7.32. The zero-order chi connectivity index (χ0) is 16.9. The molecule has 0 aliphatic heterocycles. The van der Waals surface area contributed by atoms with E-state index in [1.807, 2.05) is 30.3 Å². The summed E-state index contributed by atoms with van der Waals surface area (Å²) < 4.78 is 10.9. The maximum absolute atomic E-state index is 12.1. The molecule has 1 heterocycles. The predicted molar refractivity (Wildman–Crippen MR) is 85.4 cm³/mol. The SMILES string of the molecule is C[C@H](OC(=O)c1ccc(C=O)cc1)c1nnc(-c2ccccc2)o1. The Morgan fingerprint density at radius 2 is 1.79 bits per heavy atom. The molecular formula is C18H14N2O4. The Hall–Kier alpha value is -3.28. The number of aromatic nitrogens is 2. The number of carbonyl (C=O) groups is 2. The van der Waals surface area contributed by atoms with Crippen molar-refractivity contribution in [2.45, 2.75) is 13.0 Å². The van der Waals surface area contributed by atoms with E-state index in [1.54, 1.807) is 19.1 Å². The number of benzene rings is 2. The quantitative estimate of drug-likeness (QED) is 0.528. The summed E-state index contributed by atoms with van der Waals surface area (Å²) in [6, 6.07) is 15.5. The van der Waals surface area contributed by atoms with Gasteiger partial charge in [0, 0.05) is 11.1 Å². The Kier molecular flexibility index (Phi) is 4.47. The second-order valence-corrected chi connectivity index (χ2v) is 5.10. The highest BCUT2D eigenvalue weighted by Crippen LogP contribution is 2.22. The Bertz CT molecular complexity index is 841. The van der Waals surface area contributed by atoms with Gasteiger partial charge in [0.15, 0.2) is 6.10 Å². The fourth-order valence-corrected chi connectivity index (χ4v) is 2.07. The third kappa shape index (κ3) is 3.38. The number of hydrogen-bond donors (Lipinski definition) is 0. The van der Waals surface area contributed by atoms with Crippen LogP contribution in [0, 0.1) is 0 Å². The summed E-state index contributed by atoms with van der Waals surface area (Å²) in [6.45, 7) is 1.65. The molecular weight excluding hydrogens is 308 g/mol. The number of ether oxygens (including phenoxy) is 1. The van der Waals surface area contributed by atoms with Crippen LogP contribution in [-0.4, -0.2) is 22.5 Å². The lowest BCUT2D eigenvalue weighted by Gasteiger charge is -2.09. The number of esters is 1. The molecule has 0 aliphatic carbocycles. The number of nitrogens with zero attached hydrogens (tertiary/aromatic N) is 2. The van der Waals surface area contributed by atoms with Gasteiger partial charge in [0.05, 0.1) is 5.56 Å². The lowest BCUT2D eigenvalue weighted by molar-refractivity contribution is 0.0279. The van der Waals surface area contributed by atoms with Gasteiger partial charge in [-0.3, -0.25) is 4.79 Å². The highest BCUT2D eigenvalue weighted by molar-refractivity contribution is 5.90. The molecule has 0 spiro atoms. The average Bonchev–Trinajstić information content (AvgIpc) is 3.13. The van der Waals surface area contributed by atoms with Crippen molar-refractivity contribution < 1.29 is 18.7 Å². The first kappa shape index (κ1) is 15.6. The number of aldehydes is 1. The lowest BCUT2D eigenvalue weighted by Crippen LogP contribution is -2.09. The molecule has 3 aromatic rings. The molecule has 1 atom stereocenters. The van der Waals surface area contributed by atoms with Crippen molar-refractivity contribution in [3.8, 4) is 11.5 Å². The molecule has 24 heavy (non-hydrogen) atoms.